The van der Waals surface area contributed by atoms with Gasteiger partial charge >= 0.3 is 0 Å². The van der Waals surface area contributed by atoms with Gasteiger partial charge in [-0.25, -0.2) is 0 Å². The van der Waals surface area contributed by atoms with Gasteiger partial charge in [-0.3, -0.25) is 9.59 Å². The van der Waals surface area contributed by atoms with Crippen molar-refractivity contribution in [2.45, 2.75) is 57.9 Å². The molecule has 1 aliphatic rings. The lowest BCUT2D eigenvalue weighted by atomic mass is 9.95. The number of carbonyl (C=O) groups excluding carboxylic acids is 1. The van der Waals surface area contributed by atoms with E-state index in [-0.39, 0.29) is 17.3 Å². The summed E-state index contributed by atoms with van der Waals surface area (Å²) in [5.74, 6) is 0.607. The van der Waals surface area contributed by atoms with Crippen molar-refractivity contribution in [3.05, 3.63) is 46.1 Å². The molecular weight excluding hydrogens is 356 g/mol. The van der Waals surface area contributed by atoms with Gasteiger partial charge in [-0.15, -0.1) is 0 Å². The summed E-state index contributed by atoms with van der Waals surface area (Å²) in [5, 5.41) is 7.92. The van der Waals surface area contributed by atoms with Crippen LogP contribution < -0.4 is 10.9 Å². The fourth-order valence-electron chi connectivity index (χ4n) is 3.73. The lowest BCUT2D eigenvalue weighted by Crippen LogP contribution is -2.36. The van der Waals surface area contributed by atoms with Crippen molar-refractivity contribution in [1.82, 2.24) is 20.4 Å². The predicted octanol–water partition coefficient (Wildman–Crippen LogP) is 3.27. The quantitative estimate of drug-likeness (QED) is 0.707. The number of pyridine rings is 1. The molecule has 3 aromatic rings. The first-order valence-corrected chi connectivity index (χ1v) is 9.84. The molecule has 1 saturated carbocycles. The van der Waals surface area contributed by atoms with Crippen LogP contribution in [0.5, 0.6) is 0 Å². The van der Waals surface area contributed by atoms with E-state index in [1.807, 2.05) is 25.1 Å². The van der Waals surface area contributed by atoms with Gasteiger partial charge in [0.15, 0.2) is 0 Å². The van der Waals surface area contributed by atoms with E-state index in [1.165, 1.54) is 19.3 Å². The van der Waals surface area contributed by atoms with E-state index in [2.05, 4.69) is 20.4 Å². The predicted molar refractivity (Wildman–Crippen MR) is 106 cm³/mol. The molecular formula is C21H24N4O3. The Morgan fingerprint density at radius 2 is 2.07 bits per heavy atom. The average Bonchev–Trinajstić information content (AvgIpc) is 3.16. The number of nitrogens with zero attached hydrogens (tertiary/aromatic N) is 2. The van der Waals surface area contributed by atoms with Crippen LogP contribution in [0.2, 0.25) is 0 Å². The summed E-state index contributed by atoms with van der Waals surface area (Å²) in [6.45, 7) is 2.00. The van der Waals surface area contributed by atoms with E-state index in [0.717, 1.165) is 29.3 Å². The molecule has 2 N–H and O–H groups in total. The van der Waals surface area contributed by atoms with Crippen molar-refractivity contribution in [3.8, 4) is 11.4 Å². The molecule has 0 saturated heterocycles. The molecule has 1 amide bonds. The molecule has 2 heterocycles. The van der Waals surface area contributed by atoms with Crippen LogP contribution in [-0.4, -0.2) is 27.1 Å². The summed E-state index contributed by atoms with van der Waals surface area (Å²) >= 11 is 0. The smallest absolute Gasteiger partial charge is 0.259 e. The van der Waals surface area contributed by atoms with E-state index < -0.39 is 0 Å². The molecule has 1 aromatic carbocycles. The highest BCUT2D eigenvalue weighted by Crippen LogP contribution is 2.19. The van der Waals surface area contributed by atoms with Crippen LogP contribution >= 0.6 is 0 Å². The van der Waals surface area contributed by atoms with Crippen LogP contribution in [0.15, 0.2) is 33.6 Å². The molecule has 1 fully saturated rings. The maximum Gasteiger partial charge on any atom is 0.259 e. The van der Waals surface area contributed by atoms with E-state index in [4.69, 9.17) is 4.52 Å². The number of nitrogens with one attached hydrogen (secondary N) is 2. The number of aromatic amines is 1. The van der Waals surface area contributed by atoms with Crippen molar-refractivity contribution >= 4 is 16.8 Å². The van der Waals surface area contributed by atoms with Gasteiger partial charge in [0.2, 0.25) is 17.6 Å². The lowest BCUT2D eigenvalue weighted by Gasteiger charge is -2.22. The second kappa shape index (κ2) is 7.96. The largest absolute Gasteiger partial charge is 0.353 e. The van der Waals surface area contributed by atoms with Crippen LogP contribution in [0.25, 0.3) is 22.3 Å². The van der Waals surface area contributed by atoms with Crippen LogP contribution in [-0.2, 0) is 11.2 Å². The Labute approximate surface area is 162 Å². The third kappa shape index (κ3) is 4.13. The molecule has 146 valence electrons. The van der Waals surface area contributed by atoms with Crippen molar-refractivity contribution in [2.24, 2.45) is 0 Å². The van der Waals surface area contributed by atoms with E-state index in [0.29, 0.717) is 30.3 Å². The molecule has 0 unspecified atom stereocenters. The van der Waals surface area contributed by atoms with Gasteiger partial charge in [0.1, 0.15) is 0 Å². The van der Waals surface area contributed by atoms with Gasteiger partial charge < -0.3 is 14.8 Å². The number of carbonyl (C=O) groups is 1. The molecule has 0 spiro atoms. The highest BCUT2D eigenvalue weighted by molar-refractivity contribution is 5.83. The maximum absolute atomic E-state index is 12.4. The zero-order chi connectivity index (χ0) is 19.5. The van der Waals surface area contributed by atoms with E-state index in [1.54, 1.807) is 6.07 Å². The van der Waals surface area contributed by atoms with Gasteiger partial charge in [0, 0.05) is 24.4 Å². The number of amides is 1. The second-order valence-electron chi connectivity index (χ2n) is 7.52. The third-order valence-electron chi connectivity index (χ3n) is 5.24. The molecule has 7 nitrogen and oxygen atoms in total. The Balaban J connectivity index is 1.44. The number of hydrogen-bond acceptors (Lipinski definition) is 5. The highest BCUT2D eigenvalue weighted by atomic mass is 16.5. The minimum absolute atomic E-state index is 0.00526. The van der Waals surface area contributed by atoms with Gasteiger partial charge in [-0.2, -0.15) is 4.98 Å². The number of H-pyrrole nitrogens is 1. The Kier molecular flexibility index (Phi) is 5.23. The number of aromatic nitrogens is 3. The molecule has 2 aromatic heterocycles. The summed E-state index contributed by atoms with van der Waals surface area (Å²) in [6, 6.07) is 7.88. The molecule has 7 heteroatoms. The Morgan fingerprint density at radius 1 is 1.25 bits per heavy atom. The third-order valence-corrected chi connectivity index (χ3v) is 5.24. The first-order valence-electron chi connectivity index (χ1n) is 9.84. The zero-order valence-corrected chi connectivity index (χ0v) is 16.0. The van der Waals surface area contributed by atoms with Gasteiger partial charge in [-0.05, 0) is 43.4 Å². The Hall–Kier alpha value is -2.96. The number of aryl methyl sites for hydroxylation is 2. The maximum atomic E-state index is 12.4. The number of rotatable bonds is 5. The first-order chi connectivity index (χ1) is 13.6. The van der Waals surface area contributed by atoms with E-state index >= 15 is 0 Å². The van der Waals surface area contributed by atoms with Crippen molar-refractivity contribution < 1.29 is 9.32 Å². The Bertz CT molecular complexity index is 1050. The highest BCUT2D eigenvalue weighted by Gasteiger charge is 2.17. The van der Waals surface area contributed by atoms with Gasteiger partial charge in [0.05, 0.1) is 5.56 Å². The monoisotopic (exact) mass is 380 g/mol. The van der Waals surface area contributed by atoms with Crippen molar-refractivity contribution in [3.63, 3.8) is 0 Å². The summed E-state index contributed by atoms with van der Waals surface area (Å²) in [5.41, 5.74) is 1.96. The summed E-state index contributed by atoms with van der Waals surface area (Å²) < 4.78 is 5.26. The summed E-state index contributed by atoms with van der Waals surface area (Å²) in [7, 11) is 0. The van der Waals surface area contributed by atoms with Crippen molar-refractivity contribution in [1.29, 1.82) is 0 Å². The summed E-state index contributed by atoms with van der Waals surface area (Å²) in [6.07, 6.45) is 6.38. The molecule has 28 heavy (non-hydrogen) atoms. The normalized spacial score (nSPS) is 15.0. The first kappa shape index (κ1) is 18.4. The number of hydrogen-bond donors (Lipinski definition) is 2. The molecule has 1 aliphatic carbocycles. The Morgan fingerprint density at radius 3 is 2.89 bits per heavy atom. The van der Waals surface area contributed by atoms with Crippen LogP contribution in [0, 0.1) is 6.92 Å². The molecule has 0 aliphatic heterocycles. The zero-order valence-electron chi connectivity index (χ0n) is 16.0. The molecule has 4 rings (SSSR count). The molecule has 0 radical (unpaired) electrons. The number of benzene rings is 1. The van der Waals surface area contributed by atoms with Gasteiger partial charge in [0.25, 0.3) is 5.56 Å². The average molecular weight is 380 g/mol. The fraction of sp³-hybridized carbons (Fsp3) is 0.429. The molecule has 0 bridgehead atoms. The van der Waals surface area contributed by atoms with Crippen LogP contribution in [0.3, 0.4) is 0 Å². The topological polar surface area (TPSA) is 101 Å². The second-order valence-corrected chi connectivity index (χ2v) is 7.52. The minimum atomic E-state index is -0.265. The SMILES string of the molecule is Cc1ccc2[nH]c(=O)c(-c3noc(CCC(=O)NC4CCCCC4)n3)cc2c1. The van der Waals surface area contributed by atoms with E-state index in [9.17, 15) is 9.59 Å². The summed E-state index contributed by atoms with van der Waals surface area (Å²) in [4.78, 5) is 31.7. The van der Waals surface area contributed by atoms with Crippen molar-refractivity contribution in [2.75, 3.05) is 0 Å². The standard InChI is InChI=1S/C21H24N4O3/c1-13-7-8-17-14(11-13)12-16(21(27)23-17)20-24-19(28-25-20)10-9-18(26)22-15-5-3-2-4-6-15/h7-8,11-12,15H,2-6,9-10H2,1H3,(H,22,26)(H,23,27). The van der Waals surface area contributed by atoms with Gasteiger partial charge in [-0.1, -0.05) is 36.0 Å². The van der Waals surface area contributed by atoms with Crippen LogP contribution in [0.1, 0.15) is 50.0 Å². The molecule has 0 atom stereocenters. The van der Waals surface area contributed by atoms with Crippen LogP contribution in [0.4, 0.5) is 0 Å². The fourth-order valence-corrected chi connectivity index (χ4v) is 3.73. The minimum Gasteiger partial charge on any atom is -0.353 e. The number of fused-ring (bicyclic) bond motifs is 1. The lowest BCUT2D eigenvalue weighted by molar-refractivity contribution is -0.122.